The Morgan fingerprint density at radius 3 is 2.52 bits per heavy atom. The molecule has 4 aromatic heterocycles. The number of aliphatic hydroxyl groups is 1. The van der Waals surface area contributed by atoms with Gasteiger partial charge in [0.1, 0.15) is 33.2 Å². The van der Waals surface area contributed by atoms with E-state index in [1.54, 1.807) is 39.8 Å². The van der Waals surface area contributed by atoms with Crippen molar-refractivity contribution >= 4 is 44.5 Å². The number of nitrogens with one attached hydrogen (secondary N) is 1. The van der Waals surface area contributed by atoms with Gasteiger partial charge in [0, 0.05) is 11.6 Å². The number of aryl methyl sites for hydroxylation is 1. The second-order valence-corrected chi connectivity index (χ2v) is 11.2. The molecule has 0 radical (unpaired) electrons. The molecule has 0 bridgehead atoms. The summed E-state index contributed by atoms with van der Waals surface area (Å²) in [5.41, 5.74) is 3.11. The molecule has 42 heavy (non-hydrogen) atoms. The molecule has 0 aliphatic carbocycles. The number of pyridine rings is 2. The minimum atomic E-state index is -1.11. The highest BCUT2D eigenvalue weighted by molar-refractivity contribution is 7.21. The summed E-state index contributed by atoms with van der Waals surface area (Å²) in [5.74, 6) is -0.526. The first-order valence-electron chi connectivity index (χ1n) is 13.0. The highest BCUT2D eigenvalue weighted by Crippen LogP contribution is 2.35. The van der Waals surface area contributed by atoms with Gasteiger partial charge < -0.3 is 19.3 Å². The van der Waals surface area contributed by atoms with Crippen LogP contribution in [-0.4, -0.2) is 55.4 Å². The van der Waals surface area contributed by atoms with Gasteiger partial charge in [-0.3, -0.25) is 10.3 Å². The van der Waals surface area contributed by atoms with Crippen LogP contribution in [0.25, 0.3) is 32.0 Å². The molecule has 0 unspecified atom stereocenters. The summed E-state index contributed by atoms with van der Waals surface area (Å²) >= 11 is 1.27. The van der Waals surface area contributed by atoms with E-state index in [1.165, 1.54) is 36.9 Å². The third-order valence-electron chi connectivity index (χ3n) is 6.40. The van der Waals surface area contributed by atoms with Crippen LogP contribution in [0.15, 0.2) is 42.7 Å². The fourth-order valence-electron chi connectivity index (χ4n) is 4.05. The van der Waals surface area contributed by atoms with E-state index in [1.807, 2.05) is 19.1 Å². The van der Waals surface area contributed by atoms with Gasteiger partial charge in [0.15, 0.2) is 5.82 Å². The number of benzene rings is 1. The van der Waals surface area contributed by atoms with Crippen LogP contribution in [0.1, 0.15) is 39.0 Å². The quantitative estimate of drug-likeness (QED) is 0.228. The lowest BCUT2D eigenvalue weighted by Crippen LogP contribution is -2.33. The molecule has 4 heterocycles. The van der Waals surface area contributed by atoms with E-state index >= 15 is 4.39 Å². The van der Waals surface area contributed by atoms with Crippen LogP contribution in [-0.2, 0) is 10.3 Å². The van der Waals surface area contributed by atoms with Gasteiger partial charge in [-0.05, 0) is 64.4 Å². The number of anilines is 1. The molecular formula is C29H29FN6O5S. The van der Waals surface area contributed by atoms with Crippen molar-refractivity contribution in [3.63, 3.8) is 0 Å². The summed E-state index contributed by atoms with van der Waals surface area (Å²) in [6.07, 6.45) is 0.729. The van der Waals surface area contributed by atoms with Gasteiger partial charge in [0.2, 0.25) is 5.88 Å². The zero-order valence-corrected chi connectivity index (χ0v) is 24.6. The van der Waals surface area contributed by atoms with E-state index in [2.05, 4.69) is 30.2 Å². The molecule has 218 valence electrons. The molecule has 0 fully saturated rings. The molecule has 0 spiro atoms. The Labute approximate surface area is 244 Å². The van der Waals surface area contributed by atoms with Crippen molar-refractivity contribution in [2.24, 2.45) is 0 Å². The normalized spacial score (nSPS) is 13.1. The molecule has 2 atom stereocenters. The Bertz CT molecular complexity index is 1770. The number of nitrogens with zero attached hydrogens (tertiary/aromatic N) is 5. The van der Waals surface area contributed by atoms with Crippen molar-refractivity contribution in [2.75, 3.05) is 12.4 Å². The number of ether oxygens (including phenoxy) is 3. The highest BCUT2D eigenvalue weighted by atomic mass is 32.1. The van der Waals surface area contributed by atoms with Gasteiger partial charge >= 0.3 is 6.09 Å². The molecule has 0 saturated carbocycles. The van der Waals surface area contributed by atoms with Crippen LogP contribution < -0.4 is 14.8 Å². The van der Waals surface area contributed by atoms with Crippen molar-refractivity contribution in [3.05, 3.63) is 59.8 Å². The van der Waals surface area contributed by atoms with Gasteiger partial charge in [-0.2, -0.15) is 4.98 Å². The molecule has 5 rings (SSSR count). The summed E-state index contributed by atoms with van der Waals surface area (Å²) in [6, 6.07) is 8.32. The van der Waals surface area contributed by atoms with Crippen LogP contribution in [0.4, 0.5) is 14.9 Å². The van der Waals surface area contributed by atoms with E-state index in [-0.39, 0.29) is 5.88 Å². The number of methoxy groups -OCH3 is 1. The number of fused-ring (bicyclic) bond motifs is 2. The van der Waals surface area contributed by atoms with Gasteiger partial charge in [0.25, 0.3) is 5.88 Å². The number of rotatable bonds is 8. The standard InChI is InChI=1S/C29H29FN6O5S/c1-14-9-18(24-20(10-14)34-23(39-6)13-32-24)26-35-21-11-19(30)25(36-27(21)42-26)40-15(2)16(3)41-28(37)33-17-7-8-22(31-12-17)29(4,5)38/h7-13,15-16,38H,1-6H3,(H,33,37)/t15-,16+/m0/s1. The van der Waals surface area contributed by atoms with E-state index < -0.39 is 29.7 Å². The van der Waals surface area contributed by atoms with Gasteiger partial charge in [-0.15, -0.1) is 0 Å². The van der Waals surface area contributed by atoms with E-state index in [9.17, 15) is 9.90 Å². The Morgan fingerprint density at radius 2 is 1.83 bits per heavy atom. The second kappa shape index (κ2) is 11.4. The van der Waals surface area contributed by atoms with Crippen molar-refractivity contribution < 1.29 is 28.5 Å². The Morgan fingerprint density at radius 1 is 1.05 bits per heavy atom. The molecule has 0 saturated heterocycles. The van der Waals surface area contributed by atoms with Gasteiger partial charge in [-0.1, -0.05) is 11.3 Å². The summed E-state index contributed by atoms with van der Waals surface area (Å²) in [4.78, 5) is 35.0. The molecule has 13 heteroatoms. The maximum absolute atomic E-state index is 15.0. The van der Waals surface area contributed by atoms with E-state index in [0.29, 0.717) is 43.6 Å². The molecule has 1 amide bonds. The first-order chi connectivity index (χ1) is 19.9. The Hall–Kier alpha value is -4.49. The molecule has 11 nitrogen and oxygen atoms in total. The van der Waals surface area contributed by atoms with Crippen LogP contribution in [0.2, 0.25) is 0 Å². The predicted molar refractivity (Wildman–Crippen MR) is 156 cm³/mol. The number of carbonyl (C=O) groups is 1. The first kappa shape index (κ1) is 29.0. The summed E-state index contributed by atoms with van der Waals surface area (Å²) < 4.78 is 31.4. The fraction of sp³-hybridized carbons (Fsp3) is 0.310. The van der Waals surface area contributed by atoms with E-state index in [0.717, 1.165) is 11.1 Å². The Kier molecular flexibility index (Phi) is 7.89. The summed E-state index contributed by atoms with van der Waals surface area (Å²) in [7, 11) is 1.53. The van der Waals surface area contributed by atoms with Gasteiger partial charge in [-0.25, -0.2) is 24.1 Å². The number of carbonyl (C=O) groups excluding carboxylic acids is 1. The number of halogens is 1. The largest absolute Gasteiger partial charge is 0.480 e. The number of thiazole rings is 1. The zero-order chi connectivity index (χ0) is 30.2. The number of amides is 1. The van der Waals surface area contributed by atoms with Gasteiger partial charge in [0.05, 0.1) is 41.9 Å². The van der Waals surface area contributed by atoms with Crippen LogP contribution in [0, 0.1) is 12.7 Å². The average molecular weight is 593 g/mol. The smallest absolute Gasteiger partial charge is 0.412 e. The minimum absolute atomic E-state index is 0.230. The number of hydrogen-bond donors (Lipinski definition) is 2. The molecular weight excluding hydrogens is 563 g/mol. The fourth-order valence-corrected chi connectivity index (χ4v) is 4.98. The molecule has 0 aliphatic rings. The van der Waals surface area contributed by atoms with Crippen LogP contribution >= 0.6 is 11.3 Å². The third-order valence-corrected chi connectivity index (χ3v) is 7.40. The number of aromatic nitrogens is 5. The van der Waals surface area contributed by atoms with E-state index in [4.69, 9.17) is 14.2 Å². The first-order valence-corrected chi connectivity index (χ1v) is 13.8. The maximum atomic E-state index is 15.0. The molecule has 0 aliphatic heterocycles. The van der Waals surface area contributed by atoms with Crippen molar-refractivity contribution in [1.82, 2.24) is 24.9 Å². The summed E-state index contributed by atoms with van der Waals surface area (Å²) in [5, 5.41) is 13.2. The third kappa shape index (κ3) is 6.21. The lowest BCUT2D eigenvalue weighted by atomic mass is 10.1. The average Bonchev–Trinajstić information content (AvgIpc) is 3.34. The van der Waals surface area contributed by atoms with Crippen molar-refractivity contribution in [2.45, 2.75) is 52.4 Å². The maximum Gasteiger partial charge on any atom is 0.412 e. The topological polar surface area (TPSA) is 141 Å². The Balaban J connectivity index is 1.30. The monoisotopic (exact) mass is 592 g/mol. The lowest BCUT2D eigenvalue weighted by Gasteiger charge is -2.21. The van der Waals surface area contributed by atoms with Crippen LogP contribution in [0.5, 0.6) is 11.8 Å². The van der Waals surface area contributed by atoms with Crippen molar-refractivity contribution in [1.29, 1.82) is 0 Å². The molecule has 2 N–H and O–H groups in total. The SMILES string of the molecule is COc1cnc2c(-c3nc4cc(F)c(O[C@@H](C)[C@@H](C)OC(=O)Nc5ccc(C(C)(C)O)nc5)nc4s3)cc(C)cc2n1. The summed E-state index contributed by atoms with van der Waals surface area (Å²) in [6.45, 7) is 8.44. The van der Waals surface area contributed by atoms with Crippen molar-refractivity contribution in [3.8, 4) is 22.3 Å². The lowest BCUT2D eigenvalue weighted by molar-refractivity contribution is 0.0379. The zero-order valence-electron chi connectivity index (χ0n) is 23.8. The highest BCUT2D eigenvalue weighted by Gasteiger charge is 2.23. The second-order valence-electron chi connectivity index (χ2n) is 10.3. The minimum Gasteiger partial charge on any atom is -0.480 e. The molecule has 5 aromatic rings. The number of hydrogen-bond acceptors (Lipinski definition) is 11. The molecule has 1 aromatic carbocycles. The predicted octanol–water partition coefficient (Wildman–Crippen LogP) is 5.78. The van der Waals surface area contributed by atoms with Crippen LogP contribution in [0.3, 0.4) is 0 Å².